The van der Waals surface area contributed by atoms with Crippen molar-refractivity contribution in [2.75, 3.05) is 19.6 Å². The first-order chi connectivity index (χ1) is 9.93. The Bertz CT molecular complexity index is 489. The molecule has 0 saturated carbocycles. The molecule has 0 radical (unpaired) electrons. The standard InChI is InChI=1S/C16H24BrN3O.2ClH/c1-3-20-10-8-14(9-11-20)19-15(21)16(2,18)12-4-6-13(17)7-5-12;;/h4-7,14H,3,8-11,18H2,1-2H3,(H,19,21);2*1H. The largest absolute Gasteiger partial charge is 0.351 e. The molecule has 1 unspecified atom stereocenters. The third-order valence-electron chi connectivity index (χ3n) is 4.29. The first-order valence-corrected chi connectivity index (χ1v) is 8.31. The van der Waals surface area contributed by atoms with Crippen molar-refractivity contribution < 1.29 is 4.79 Å². The fourth-order valence-corrected chi connectivity index (χ4v) is 2.92. The number of carbonyl (C=O) groups is 1. The molecule has 3 N–H and O–H groups in total. The normalized spacial score (nSPS) is 18.3. The fraction of sp³-hybridized carbons (Fsp3) is 0.562. The number of amides is 1. The van der Waals surface area contributed by atoms with E-state index >= 15 is 0 Å². The summed E-state index contributed by atoms with van der Waals surface area (Å²) in [7, 11) is 0. The Morgan fingerprint density at radius 3 is 2.30 bits per heavy atom. The predicted octanol–water partition coefficient (Wildman–Crippen LogP) is 3.07. The van der Waals surface area contributed by atoms with E-state index in [0.717, 1.165) is 42.5 Å². The molecule has 2 rings (SSSR count). The van der Waals surface area contributed by atoms with Gasteiger partial charge in [0.1, 0.15) is 5.54 Å². The summed E-state index contributed by atoms with van der Waals surface area (Å²) in [6.07, 6.45) is 1.99. The number of nitrogens with one attached hydrogen (secondary N) is 1. The zero-order chi connectivity index (χ0) is 15.5. The third-order valence-corrected chi connectivity index (χ3v) is 4.81. The molecule has 1 fully saturated rings. The summed E-state index contributed by atoms with van der Waals surface area (Å²) in [4.78, 5) is 14.9. The molecule has 1 aliphatic heterocycles. The van der Waals surface area contributed by atoms with Gasteiger partial charge >= 0.3 is 0 Å². The number of carbonyl (C=O) groups excluding carboxylic acids is 1. The number of rotatable bonds is 4. The van der Waals surface area contributed by atoms with E-state index in [-0.39, 0.29) is 36.8 Å². The second kappa shape index (κ2) is 9.84. The highest BCUT2D eigenvalue weighted by Gasteiger charge is 2.32. The first-order valence-electron chi connectivity index (χ1n) is 7.51. The summed E-state index contributed by atoms with van der Waals surface area (Å²) in [6.45, 7) is 7.10. The molecule has 7 heteroatoms. The van der Waals surface area contributed by atoms with Crippen LogP contribution in [0.15, 0.2) is 28.7 Å². The summed E-state index contributed by atoms with van der Waals surface area (Å²) in [5, 5.41) is 3.11. The van der Waals surface area contributed by atoms with Gasteiger partial charge in [0, 0.05) is 23.6 Å². The molecule has 0 aromatic heterocycles. The molecule has 23 heavy (non-hydrogen) atoms. The maximum atomic E-state index is 12.5. The quantitative estimate of drug-likeness (QED) is 0.777. The van der Waals surface area contributed by atoms with Crippen LogP contribution >= 0.6 is 40.7 Å². The number of hydrogen-bond acceptors (Lipinski definition) is 3. The van der Waals surface area contributed by atoms with Gasteiger partial charge in [-0.3, -0.25) is 4.79 Å². The van der Waals surface area contributed by atoms with Crippen LogP contribution in [0.1, 0.15) is 32.3 Å². The summed E-state index contributed by atoms with van der Waals surface area (Å²) in [5.41, 5.74) is 6.10. The lowest BCUT2D eigenvalue weighted by atomic mass is 9.91. The molecule has 1 atom stereocenters. The van der Waals surface area contributed by atoms with Crippen molar-refractivity contribution >= 4 is 46.7 Å². The minimum absolute atomic E-state index is 0. The molecule has 0 spiro atoms. The first kappa shape index (κ1) is 22.7. The van der Waals surface area contributed by atoms with Gasteiger partial charge in [-0.15, -0.1) is 24.8 Å². The lowest BCUT2D eigenvalue weighted by molar-refractivity contribution is -0.127. The summed E-state index contributed by atoms with van der Waals surface area (Å²) >= 11 is 3.40. The lowest BCUT2D eigenvalue weighted by Crippen LogP contribution is -2.54. The van der Waals surface area contributed by atoms with Gasteiger partial charge in [-0.25, -0.2) is 0 Å². The van der Waals surface area contributed by atoms with Crippen molar-refractivity contribution in [3.05, 3.63) is 34.3 Å². The molecule has 1 aromatic rings. The van der Waals surface area contributed by atoms with Crippen LogP contribution in [0, 0.1) is 0 Å². The van der Waals surface area contributed by atoms with Gasteiger partial charge in [0.05, 0.1) is 0 Å². The van der Waals surface area contributed by atoms with Crippen LogP contribution in [0.5, 0.6) is 0 Å². The number of piperidine rings is 1. The summed E-state index contributed by atoms with van der Waals surface area (Å²) < 4.78 is 0.981. The highest BCUT2D eigenvalue weighted by molar-refractivity contribution is 9.10. The molecule has 1 aliphatic rings. The van der Waals surface area contributed by atoms with Crippen LogP contribution in [-0.4, -0.2) is 36.5 Å². The molecular weight excluding hydrogens is 401 g/mol. The van der Waals surface area contributed by atoms with Crippen LogP contribution in [-0.2, 0) is 10.3 Å². The zero-order valence-electron chi connectivity index (χ0n) is 13.5. The maximum Gasteiger partial charge on any atom is 0.244 e. The van der Waals surface area contributed by atoms with Crippen LogP contribution in [0.3, 0.4) is 0 Å². The molecule has 1 saturated heterocycles. The predicted molar refractivity (Wildman–Crippen MR) is 103 cm³/mol. The van der Waals surface area contributed by atoms with E-state index in [1.165, 1.54) is 0 Å². The third kappa shape index (κ3) is 5.91. The van der Waals surface area contributed by atoms with Gasteiger partial charge in [-0.2, -0.15) is 0 Å². The second-order valence-corrected chi connectivity index (χ2v) is 6.81. The van der Waals surface area contributed by atoms with Crippen molar-refractivity contribution in [2.24, 2.45) is 5.73 Å². The number of nitrogens with zero attached hydrogens (tertiary/aromatic N) is 1. The van der Waals surface area contributed by atoms with Gasteiger partial charge in [0.15, 0.2) is 0 Å². The summed E-state index contributed by atoms with van der Waals surface area (Å²) in [5.74, 6) is -0.0974. The van der Waals surface area contributed by atoms with Crippen LogP contribution in [0.4, 0.5) is 0 Å². The SMILES string of the molecule is CCN1CCC(NC(=O)C(C)(N)c2ccc(Br)cc2)CC1.Cl.Cl. The smallest absolute Gasteiger partial charge is 0.244 e. The van der Waals surface area contributed by atoms with E-state index in [1.807, 2.05) is 24.3 Å². The van der Waals surface area contributed by atoms with E-state index < -0.39 is 5.54 Å². The van der Waals surface area contributed by atoms with Crippen LogP contribution < -0.4 is 11.1 Å². The monoisotopic (exact) mass is 425 g/mol. The number of halogens is 3. The topological polar surface area (TPSA) is 58.4 Å². The van der Waals surface area contributed by atoms with Crippen molar-refractivity contribution in [2.45, 2.75) is 38.3 Å². The minimum atomic E-state index is -0.997. The zero-order valence-corrected chi connectivity index (χ0v) is 16.8. The fourth-order valence-electron chi connectivity index (χ4n) is 2.66. The highest BCUT2D eigenvalue weighted by atomic mass is 79.9. The Kier molecular flexibility index (Phi) is 9.70. The van der Waals surface area contributed by atoms with Crippen molar-refractivity contribution in [1.82, 2.24) is 10.2 Å². The number of benzene rings is 1. The molecule has 1 aromatic carbocycles. The molecular formula is C16H26BrCl2N3O. The minimum Gasteiger partial charge on any atom is -0.351 e. The van der Waals surface area contributed by atoms with E-state index in [0.29, 0.717) is 0 Å². The van der Waals surface area contributed by atoms with Gasteiger partial charge < -0.3 is 16.0 Å². The Labute approximate surface area is 159 Å². The molecule has 1 amide bonds. The second-order valence-electron chi connectivity index (χ2n) is 5.89. The average Bonchev–Trinajstić information content (AvgIpc) is 2.48. The van der Waals surface area contributed by atoms with Crippen LogP contribution in [0.2, 0.25) is 0 Å². The van der Waals surface area contributed by atoms with E-state index in [4.69, 9.17) is 5.73 Å². The number of nitrogens with two attached hydrogens (primary N) is 1. The molecule has 4 nitrogen and oxygen atoms in total. The Morgan fingerprint density at radius 2 is 1.83 bits per heavy atom. The van der Waals surface area contributed by atoms with Crippen molar-refractivity contribution in [1.29, 1.82) is 0 Å². The van der Waals surface area contributed by atoms with Crippen molar-refractivity contribution in [3.63, 3.8) is 0 Å². The Balaban J connectivity index is 0.00000242. The summed E-state index contributed by atoms with van der Waals surface area (Å²) in [6, 6.07) is 7.84. The molecule has 0 bridgehead atoms. The van der Waals surface area contributed by atoms with Crippen LogP contribution in [0.25, 0.3) is 0 Å². The molecule has 132 valence electrons. The van der Waals surface area contributed by atoms with Crippen molar-refractivity contribution in [3.8, 4) is 0 Å². The van der Waals surface area contributed by atoms with E-state index in [9.17, 15) is 4.79 Å². The van der Waals surface area contributed by atoms with E-state index in [2.05, 4.69) is 33.1 Å². The lowest BCUT2D eigenvalue weighted by Gasteiger charge is -2.33. The van der Waals surface area contributed by atoms with Gasteiger partial charge in [0.25, 0.3) is 0 Å². The van der Waals surface area contributed by atoms with E-state index in [1.54, 1.807) is 6.92 Å². The highest BCUT2D eigenvalue weighted by Crippen LogP contribution is 2.21. The molecule has 0 aliphatic carbocycles. The number of hydrogen-bond donors (Lipinski definition) is 2. The van der Waals surface area contributed by atoms with Gasteiger partial charge in [0.2, 0.25) is 5.91 Å². The van der Waals surface area contributed by atoms with Gasteiger partial charge in [-0.05, 0) is 44.0 Å². The Hall–Kier alpha value is -0.330. The number of likely N-dealkylation sites (tertiary alicyclic amines) is 1. The maximum absolute atomic E-state index is 12.5. The molecule has 1 heterocycles. The van der Waals surface area contributed by atoms with Gasteiger partial charge in [-0.1, -0.05) is 35.0 Å². The Morgan fingerprint density at radius 1 is 1.30 bits per heavy atom. The average molecular weight is 427 g/mol.